The molecule has 0 radical (unpaired) electrons. The molecule has 6 heteroatoms. The molecule has 0 aliphatic carbocycles. The highest BCUT2D eigenvalue weighted by atomic mass is 16.3. The summed E-state index contributed by atoms with van der Waals surface area (Å²) in [5.41, 5.74) is 2.35. The van der Waals surface area contributed by atoms with E-state index in [-0.39, 0.29) is 18.6 Å². The monoisotopic (exact) mass is 328 g/mol. The number of benzene rings is 1. The molecule has 1 fully saturated rings. The number of anilines is 1. The van der Waals surface area contributed by atoms with Crippen LogP contribution in [0.4, 0.5) is 5.82 Å². The molecule has 2 heterocycles. The van der Waals surface area contributed by atoms with Crippen molar-refractivity contribution in [2.75, 3.05) is 25.0 Å². The first-order valence-corrected chi connectivity index (χ1v) is 8.38. The van der Waals surface area contributed by atoms with Crippen LogP contribution in [0.2, 0.25) is 0 Å². The molecule has 1 saturated heterocycles. The highest BCUT2D eigenvalue weighted by Gasteiger charge is 2.25. The number of aryl methyl sites for hydroxylation is 1. The molecule has 1 amide bonds. The van der Waals surface area contributed by atoms with Crippen LogP contribution in [0, 0.1) is 6.92 Å². The Morgan fingerprint density at radius 1 is 1.42 bits per heavy atom. The van der Waals surface area contributed by atoms with E-state index in [1.54, 1.807) is 16.9 Å². The zero-order valence-electron chi connectivity index (χ0n) is 14.0. The molecule has 6 nitrogen and oxygen atoms in total. The molecule has 0 spiro atoms. The average molecular weight is 328 g/mol. The number of aromatic nitrogens is 2. The smallest absolute Gasteiger partial charge is 0.239 e. The summed E-state index contributed by atoms with van der Waals surface area (Å²) in [7, 11) is 0. The Hall–Kier alpha value is -2.18. The maximum absolute atomic E-state index is 12.3. The fourth-order valence-corrected chi connectivity index (χ4v) is 3.23. The van der Waals surface area contributed by atoms with Gasteiger partial charge < -0.3 is 10.4 Å². The minimum Gasteiger partial charge on any atom is -0.395 e. The number of aliphatic hydroxyl groups is 1. The molecule has 2 N–H and O–H groups in total. The van der Waals surface area contributed by atoms with Crippen LogP contribution < -0.4 is 5.32 Å². The van der Waals surface area contributed by atoms with E-state index < -0.39 is 0 Å². The number of carbonyl (C=O) groups is 1. The van der Waals surface area contributed by atoms with E-state index in [0.29, 0.717) is 18.9 Å². The van der Waals surface area contributed by atoms with E-state index in [0.717, 1.165) is 24.9 Å². The molecule has 3 rings (SSSR count). The molecule has 0 saturated carbocycles. The van der Waals surface area contributed by atoms with Gasteiger partial charge in [0.05, 0.1) is 25.9 Å². The standard InChI is InChI=1S/C18H24N4O2/c1-14-4-2-5-15(10-14)11-22-17(7-8-19-22)20-18(24)12-21-9-3-6-16(21)13-23/h2,4-5,7-8,10,16,23H,3,6,9,11-13H2,1H3,(H,20,24)/t16-/m1/s1. The molecular formula is C18H24N4O2. The van der Waals surface area contributed by atoms with Crippen molar-refractivity contribution in [2.45, 2.75) is 32.4 Å². The van der Waals surface area contributed by atoms with E-state index in [1.165, 1.54) is 5.56 Å². The minimum absolute atomic E-state index is 0.0682. The van der Waals surface area contributed by atoms with Gasteiger partial charge in [-0.2, -0.15) is 5.10 Å². The zero-order valence-corrected chi connectivity index (χ0v) is 14.0. The van der Waals surface area contributed by atoms with Crippen molar-refractivity contribution in [1.29, 1.82) is 0 Å². The van der Waals surface area contributed by atoms with Gasteiger partial charge in [-0.1, -0.05) is 29.8 Å². The van der Waals surface area contributed by atoms with Gasteiger partial charge in [0.15, 0.2) is 0 Å². The number of aliphatic hydroxyl groups excluding tert-OH is 1. The topological polar surface area (TPSA) is 70.4 Å². The zero-order chi connectivity index (χ0) is 16.9. The lowest BCUT2D eigenvalue weighted by Gasteiger charge is -2.21. The number of carbonyl (C=O) groups excluding carboxylic acids is 1. The van der Waals surface area contributed by atoms with Crippen LogP contribution in [0.15, 0.2) is 36.5 Å². The van der Waals surface area contributed by atoms with Crippen LogP contribution in [-0.4, -0.2) is 51.4 Å². The molecule has 24 heavy (non-hydrogen) atoms. The molecule has 1 aromatic carbocycles. The first-order valence-electron chi connectivity index (χ1n) is 8.38. The number of nitrogens with one attached hydrogen (secondary N) is 1. The van der Waals surface area contributed by atoms with Gasteiger partial charge in [0, 0.05) is 12.1 Å². The summed E-state index contributed by atoms with van der Waals surface area (Å²) in [6.45, 7) is 3.96. The Morgan fingerprint density at radius 2 is 2.29 bits per heavy atom. The fourth-order valence-electron chi connectivity index (χ4n) is 3.23. The van der Waals surface area contributed by atoms with Crippen molar-refractivity contribution in [1.82, 2.24) is 14.7 Å². The molecule has 128 valence electrons. The normalized spacial score (nSPS) is 18.0. The summed E-state index contributed by atoms with van der Waals surface area (Å²) in [6, 6.07) is 10.2. The Morgan fingerprint density at radius 3 is 3.08 bits per heavy atom. The summed E-state index contributed by atoms with van der Waals surface area (Å²) >= 11 is 0. The Bertz CT molecular complexity index is 698. The van der Waals surface area contributed by atoms with E-state index in [2.05, 4.69) is 35.5 Å². The number of amides is 1. The van der Waals surface area contributed by atoms with Gasteiger partial charge in [-0.15, -0.1) is 0 Å². The highest BCUT2D eigenvalue weighted by Crippen LogP contribution is 2.17. The van der Waals surface area contributed by atoms with E-state index in [1.807, 2.05) is 11.0 Å². The first kappa shape index (κ1) is 16.7. The molecular weight excluding hydrogens is 304 g/mol. The number of nitrogens with zero attached hydrogens (tertiary/aromatic N) is 3. The average Bonchev–Trinajstić information content (AvgIpc) is 3.17. The van der Waals surface area contributed by atoms with Crippen molar-refractivity contribution in [2.24, 2.45) is 0 Å². The number of hydrogen-bond acceptors (Lipinski definition) is 4. The van der Waals surface area contributed by atoms with Gasteiger partial charge in [-0.05, 0) is 31.9 Å². The first-order chi connectivity index (χ1) is 11.7. The molecule has 0 bridgehead atoms. The summed E-state index contributed by atoms with van der Waals surface area (Å²) in [4.78, 5) is 14.3. The predicted octanol–water partition coefficient (Wildman–Crippen LogP) is 1.64. The van der Waals surface area contributed by atoms with Gasteiger partial charge in [-0.3, -0.25) is 9.69 Å². The largest absolute Gasteiger partial charge is 0.395 e. The highest BCUT2D eigenvalue weighted by molar-refractivity contribution is 5.91. The lowest BCUT2D eigenvalue weighted by atomic mass is 10.1. The predicted molar refractivity (Wildman–Crippen MR) is 92.8 cm³/mol. The lowest BCUT2D eigenvalue weighted by molar-refractivity contribution is -0.117. The van der Waals surface area contributed by atoms with Crippen LogP contribution in [0.3, 0.4) is 0 Å². The van der Waals surface area contributed by atoms with Crippen LogP contribution in [0.25, 0.3) is 0 Å². The molecule has 1 atom stereocenters. The molecule has 2 aromatic rings. The van der Waals surface area contributed by atoms with Gasteiger partial charge in [-0.25, -0.2) is 4.68 Å². The fraction of sp³-hybridized carbons (Fsp3) is 0.444. The number of rotatable bonds is 6. The van der Waals surface area contributed by atoms with Crippen molar-refractivity contribution >= 4 is 11.7 Å². The van der Waals surface area contributed by atoms with E-state index in [4.69, 9.17) is 0 Å². The van der Waals surface area contributed by atoms with Crippen LogP contribution in [0.5, 0.6) is 0 Å². The summed E-state index contributed by atoms with van der Waals surface area (Å²) in [5, 5.41) is 16.6. The SMILES string of the molecule is Cc1cccc(Cn2nccc2NC(=O)CN2CCC[C@@H]2CO)c1. The molecule has 1 aliphatic heterocycles. The van der Waals surface area contributed by atoms with Gasteiger partial charge in [0.25, 0.3) is 0 Å². The second-order valence-electron chi connectivity index (χ2n) is 6.36. The van der Waals surface area contributed by atoms with Crippen LogP contribution >= 0.6 is 0 Å². The third-order valence-electron chi connectivity index (χ3n) is 4.46. The lowest BCUT2D eigenvalue weighted by Crippen LogP contribution is -2.38. The van der Waals surface area contributed by atoms with Crippen LogP contribution in [-0.2, 0) is 11.3 Å². The second kappa shape index (κ2) is 7.59. The van der Waals surface area contributed by atoms with Gasteiger partial charge in [0.2, 0.25) is 5.91 Å². The van der Waals surface area contributed by atoms with Gasteiger partial charge >= 0.3 is 0 Å². The summed E-state index contributed by atoms with van der Waals surface area (Å²) < 4.78 is 1.79. The number of hydrogen-bond donors (Lipinski definition) is 2. The third-order valence-corrected chi connectivity index (χ3v) is 4.46. The summed E-state index contributed by atoms with van der Waals surface area (Å²) in [6.07, 6.45) is 3.68. The molecule has 1 aromatic heterocycles. The maximum Gasteiger partial charge on any atom is 0.239 e. The second-order valence-corrected chi connectivity index (χ2v) is 6.36. The van der Waals surface area contributed by atoms with Gasteiger partial charge in [0.1, 0.15) is 5.82 Å². The molecule has 0 unspecified atom stereocenters. The third kappa shape index (κ3) is 4.01. The maximum atomic E-state index is 12.3. The summed E-state index contributed by atoms with van der Waals surface area (Å²) in [5.74, 6) is 0.627. The van der Waals surface area contributed by atoms with E-state index >= 15 is 0 Å². The van der Waals surface area contributed by atoms with Crippen LogP contribution in [0.1, 0.15) is 24.0 Å². The van der Waals surface area contributed by atoms with E-state index in [9.17, 15) is 9.90 Å². The Balaban J connectivity index is 1.62. The Labute approximate surface area is 142 Å². The van der Waals surface area contributed by atoms with Crippen molar-refractivity contribution in [3.8, 4) is 0 Å². The number of likely N-dealkylation sites (tertiary alicyclic amines) is 1. The molecule has 1 aliphatic rings. The Kier molecular flexibility index (Phi) is 5.27. The van der Waals surface area contributed by atoms with Crippen molar-refractivity contribution in [3.05, 3.63) is 47.7 Å². The van der Waals surface area contributed by atoms with Crippen molar-refractivity contribution in [3.63, 3.8) is 0 Å². The quantitative estimate of drug-likeness (QED) is 0.846. The minimum atomic E-state index is -0.0682. The van der Waals surface area contributed by atoms with Crippen molar-refractivity contribution < 1.29 is 9.90 Å².